The predicted octanol–water partition coefficient (Wildman–Crippen LogP) is 0.240. The number of nitrogens with zero attached hydrogens (tertiary/aromatic N) is 1. The van der Waals surface area contributed by atoms with Crippen LogP contribution in [0.5, 0.6) is 0 Å². The van der Waals surface area contributed by atoms with Crippen LogP contribution in [0.2, 0.25) is 0 Å². The normalized spacial score (nSPS) is 23.3. The molecule has 0 radical (unpaired) electrons. The summed E-state index contributed by atoms with van der Waals surface area (Å²) in [6.07, 6.45) is -3.12. The van der Waals surface area contributed by atoms with Crippen LogP contribution >= 0.6 is 0 Å². The minimum absolute atomic E-state index is 0.00255. The maximum Gasteiger partial charge on any atom is 0.349 e. The summed E-state index contributed by atoms with van der Waals surface area (Å²) in [7, 11) is 0. The number of hydrogen-bond donors (Lipinski definition) is 2. The lowest BCUT2D eigenvalue weighted by Gasteiger charge is -2.35. The lowest BCUT2D eigenvalue weighted by molar-refractivity contribution is -0.160. The Morgan fingerprint density at radius 1 is 1.13 bits per heavy atom. The number of hydrogen-bond acceptors (Lipinski definition) is 7. The Balaban J connectivity index is 3.35. The molecule has 0 aromatic heterocycles. The molecule has 0 aromatic carbocycles. The standard InChI is InChI=1S/C14H17NO8/c1-6-9(11(13(18)19)22-4-16)7(2)15-8(3)10(6)12(14(20)21)23-5-17/h4-6,9,11-12H,1-3H3,(H,18,19)(H,20,21). The summed E-state index contributed by atoms with van der Waals surface area (Å²) in [4.78, 5) is 47.9. The summed E-state index contributed by atoms with van der Waals surface area (Å²) < 4.78 is 9.23. The Morgan fingerprint density at radius 3 is 2.13 bits per heavy atom. The van der Waals surface area contributed by atoms with Crippen molar-refractivity contribution in [2.24, 2.45) is 16.8 Å². The van der Waals surface area contributed by atoms with Gasteiger partial charge in [0.2, 0.25) is 12.2 Å². The molecule has 4 atom stereocenters. The third-order valence-electron chi connectivity index (χ3n) is 3.74. The van der Waals surface area contributed by atoms with Crippen LogP contribution < -0.4 is 0 Å². The molecule has 9 nitrogen and oxygen atoms in total. The third-order valence-corrected chi connectivity index (χ3v) is 3.74. The first-order valence-corrected chi connectivity index (χ1v) is 6.65. The molecule has 2 N–H and O–H groups in total. The van der Waals surface area contributed by atoms with Crippen molar-refractivity contribution in [1.29, 1.82) is 0 Å². The zero-order chi connectivity index (χ0) is 17.7. The lowest BCUT2D eigenvalue weighted by atomic mass is 9.76. The minimum Gasteiger partial charge on any atom is -0.478 e. The van der Waals surface area contributed by atoms with E-state index in [1.807, 2.05) is 0 Å². The fraction of sp³-hybridized carbons (Fsp3) is 0.500. The number of carbonyl (C=O) groups is 4. The van der Waals surface area contributed by atoms with Gasteiger partial charge in [0.25, 0.3) is 12.9 Å². The number of allylic oxidation sites excluding steroid dienone is 1. The lowest BCUT2D eigenvalue weighted by Crippen LogP contribution is -2.45. The van der Waals surface area contributed by atoms with Crippen molar-refractivity contribution in [1.82, 2.24) is 0 Å². The Kier molecular flexibility index (Phi) is 6.00. The van der Waals surface area contributed by atoms with Crippen LogP contribution in [0.25, 0.3) is 0 Å². The van der Waals surface area contributed by atoms with Gasteiger partial charge in [-0.25, -0.2) is 9.59 Å². The van der Waals surface area contributed by atoms with E-state index in [1.165, 1.54) is 6.92 Å². The first-order chi connectivity index (χ1) is 10.8. The van der Waals surface area contributed by atoms with E-state index in [1.54, 1.807) is 13.8 Å². The molecule has 0 spiro atoms. The molecular weight excluding hydrogens is 310 g/mol. The number of aliphatic imine (C=N–C) groups is 1. The van der Waals surface area contributed by atoms with Gasteiger partial charge in [-0.05, 0) is 19.8 Å². The summed E-state index contributed by atoms with van der Waals surface area (Å²) in [6.45, 7) is 4.67. The van der Waals surface area contributed by atoms with E-state index in [2.05, 4.69) is 14.5 Å². The van der Waals surface area contributed by atoms with Crippen LogP contribution in [0.1, 0.15) is 20.8 Å². The molecule has 1 heterocycles. The summed E-state index contributed by atoms with van der Waals surface area (Å²) >= 11 is 0. The zero-order valence-electron chi connectivity index (χ0n) is 12.8. The van der Waals surface area contributed by atoms with Crippen molar-refractivity contribution in [2.45, 2.75) is 33.0 Å². The monoisotopic (exact) mass is 327 g/mol. The van der Waals surface area contributed by atoms with Crippen LogP contribution in [0, 0.1) is 11.8 Å². The second kappa shape index (κ2) is 7.52. The molecule has 0 aliphatic carbocycles. The first-order valence-electron chi connectivity index (χ1n) is 6.65. The Hall–Kier alpha value is -2.71. The molecule has 0 fully saturated rings. The summed E-state index contributed by atoms with van der Waals surface area (Å²) in [5.41, 5.74) is 0.847. The molecule has 23 heavy (non-hydrogen) atoms. The van der Waals surface area contributed by atoms with Gasteiger partial charge in [0, 0.05) is 17.0 Å². The van der Waals surface area contributed by atoms with Crippen LogP contribution in [0.3, 0.4) is 0 Å². The molecule has 1 aliphatic rings. The molecule has 1 rings (SSSR count). The second-order valence-corrected chi connectivity index (χ2v) is 5.05. The van der Waals surface area contributed by atoms with E-state index >= 15 is 0 Å². The van der Waals surface area contributed by atoms with Crippen molar-refractivity contribution in [3.05, 3.63) is 11.3 Å². The van der Waals surface area contributed by atoms with Gasteiger partial charge in [-0.2, -0.15) is 0 Å². The largest absolute Gasteiger partial charge is 0.478 e. The summed E-state index contributed by atoms with van der Waals surface area (Å²) in [5.74, 6) is -4.36. The SMILES string of the molecule is CC1=NC(C)=C(C(OC=O)C(=O)O)C(C)C1C(OC=O)C(=O)O. The fourth-order valence-electron chi connectivity index (χ4n) is 2.87. The molecule has 0 bridgehead atoms. The Labute approximate surface area is 131 Å². The maximum absolute atomic E-state index is 11.3. The highest BCUT2D eigenvalue weighted by molar-refractivity contribution is 5.93. The molecule has 9 heteroatoms. The van der Waals surface area contributed by atoms with Crippen LogP contribution in [-0.2, 0) is 28.7 Å². The van der Waals surface area contributed by atoms with Crippen LogP contribution in [-0.4, -0.2) is 53.0 Å². The van der Waals surface area contributed by atoms with Gasteiger partial charge in [-0.15, -0.1) is 0 Å². The smallest absolute Gasteiger partial charge is 0.349 e. The Bertz CT molecular complexity index is 579. The van der Waals surface area contributed by atoms with Crippen molar-refractivity contribution >= 4 is 30.6 Å². The molecule has 1 aliphatic heterocycles. The van der Waals surface area contributed by atoms with Gasteiger partial charge in [0.15, 0.2) is 0 Å². The van der Waals surface area contributed by atoms with Gasteiger partial charge in [0.1, 0.15) is 0 Å². The maximum atomic E-state index is 11.3. The van der Waals surface area contributed by atoms with E-state index in [-0.39, 0.29) is 18.5 Å². The van der Waals surface area contributed by atoms with Crippen LogP contribution in [0.15, 0.2) is 16.3 Å². The molecule has 0 amide bonds. The first kappa shape index (κ1) is 18.3. The summed E-state index contributed by atoms with van der Waals surface area (Å²) in [6, 6.07) is 0. The van der Waals surface area contributed by atoms with E-state index in [0.29, 0.717) is 11.4 Å². The third kappa shape index (κ3) is 3.74. The molecule has 4 unspecified atom stereocenters. The van der Waals surface area contributed by atoms with Gasteiger partial charge >= 0.3 is 11.9 Å². The molecule has 0 saturated heterocycles. The van der Waals surface area contributed by atoms with Gasteiger partial charge in [-0.3, -0.25) is 14.6 Å². The van der Waals surface area contributed by atoms with E-state index in [9.17, 15) is 29.4 Å². The predicted molar refractivity (Wildman–Crippen MR) is 75.6 cm³/mol. The van der Waals surface area contributed by atoms with Gasteiger partial charge in [0.05, 0.1) is 5.92 Å². The van der Waals surface area contributed by atoms with E-state index in [0.717, 1.165) is 0 Å². The number of carboxylic acid groups (broad SMARTS) is 2. The average Bonchev–Trinajstić information content (AvgIpc) is 2.44. The number of rotatable bonds is 8. The number of carboxylic acids is 2. The minimum atomic E-state index is -1.59. The number of aliphatic carboxylic acids is 2. The van der Waals surface area contributed by atoms with E-state index < -0.39 is 36.0 Å². The topological polar surface area (TPSA) is 140 Å². The highest BCUT2D eigenvalue weighted by Gasteiger charge is 2.44. The highest BCUT2D eigenvalue weighted by Crippen LogP contribution is 2.36. The van der Waals surface area contributed by atoms with Crippen molar-refractivity contribution in [3.63, 3.8) is 0 Å². The van der Waals surface area contributed by atoms with E-state index in [4.69, 9.17) is 0 Å². The molecule has 0 saturated carbocycles. The number of ether oxygens (including phenoxy) is 2. The molecule has 126 valence electrons. The quantitative estimate of drug-likeness (QED) is 0.604. The van der Waals surface area contributed by atoms with Gasteiger partial charge in [-0.1, -0.05) is 6.92 Å². The van der Waals surface area contributed by atoms with Gasteiger partial charge < -0.3 is 19.7 Å². The fourth-order valence-corrected chi connectivity index (χ4v) is 2.87. The second-order valence-electron chi connectivity index (χ2n) is 5.05. The van der Waals surface area contributed by atoms with Crippen molar-refractivity contribution < 1.29 is 38.9 Å². The van der Waals surface area contributed by atoms with Crippen molar-refractivity contribution in [2.75, 3.05) is 0 Å². The molecular formula is C14H17NO8. The van der Waals surface area contributed by atoms with Crippen LogP contribution in [0.4, 0.5) is 0 Å². The molecule has 0 aromatic rings. The highest BCUT2D eigenvalue weighted by atomic mass is 16.6. The Morgan fingerprint density at radius 2 is 1.70 bits per heavy atom. The average molecular weight is 327 g/mol. The zero-order valence-corrected chi connectivity index (χ0v) is 12.8. The number of carbonyl (C=O) groups excluding carboxylic acids is 2. The van der Waals surface area contributed by atoms with Crippen molar-refractivity contribution in [3.8, 4) is 0 Å². The summed E-state index contributed by atoms with van der Waals surface area (Å²) in [5, 5.41) is 18.5.